The summed E-state index contributed by atoms with van der Waals surface area (Å²) in [5.41, 5.74) is 4.07. The van der Waals surface area contributed by atoms with E-state index in [-0.39, 0.29) is 5.91 Å². The van der Waals surface area contributed by atoms with Gasteiger partial charge in [-0.15, -0.1) is 0 Å². The van der Waals surface area contributed by atoms with E-state index in [4.69, 9.17) is 0 Å². The number of fused-ring (bicyclic) bond motifs is 1. The molecule has 2 aromatic rings. The number of likely N-dealkylation sites (tertiary alicyclic amines) is 1. The van der Waals surface area contributed by atoms with Gasteiger partial charge in [-0.2, -0.15) is 0 Å². The number of hydrogen-bond acceptors (Lipinski definition) is 4. The summed E-state index contributed by atoms with van der Waals surface area (Å²) in [4.78, 5) is 24.1. The maximum Gasteiger partial charge on any atom is 0.251 e. The van der Waals surface area contributed by atoms with E-state index in [1.807, 2.05) is 32.0 Å². The second-order valence-corrected chi connectivity index (χ2v) is 7.24. The minimum atomic E-state index is -0.0431. The highest BCUT2D eigenvalue weighted by Crippen LogP contribution is 2.19. The number of nitrogens with one attached hydrogen (secondary N) is 1. The van der Waals surface area contributed by atoms with Crippen LogP contribution in [0.5, 0.6) is 0 Å². The van der Waals surface area contributed by atoms with Crippen molar-refractivity contribution in [1.29, 1.82) is 0 Å². The van der Waals surface area contributed by atoms with Gasteiger partial charge in [0.15, 0.2) is 0 Å². The third kappa shape index (κ3) is 3.98. The Labute approximate surface area is 149 Å². The van der Waals surface area contributed by atoms with Crippen LogP contribution in [-0.2, 0) is 0 Å². The summed E-state index contributed by atoms with van der Waals surface area (Å²) in [7, 11) is 0. The molecule has 0 spiro atoms. The fraction of sp³-hybridized carbons (Fsp3) is 0.550. The minimum absolute atomic E-state index is 0.0431. The number of benzene rings is 1. The summed E-state index contributed by atoms with van der Waals surface area (Å²) >= 11 is 0. The van der Waals surface area contributed by atoms with Gasteiger partial charge in [0.2, 0.25) is 0 Å². The highest BCUT2D eigenvalue weighted by molar-refractivity contribution is 5.97. The largest absolute Gasteiger partial charge is 0.350 e. The Morgan fingerprint density at radius 2 is 1.96 bits per heavy atom. The van der Waals surface area contributed by atoms with Crippen LogP contribution in [0.15, 0.2) is 18.2 Å². The number of hydrogen-bond donors (Lipinski definition) is 1. The average Bonchev–Trinajstić information content (AvgIpc) is 2.60. The van der Waals surface area contributed by atoms with E-state index in [0.29, 0.717) is 24.2 Å². The molecule has 1 saturated heterocycles. The van der Waals surface area contributed by atoms with Gasteiger partial charge in [0.25, 0.3) is 5.91 Å². The highest BCUT2D eigenvalue weighted by Gasteiger charge is 2.23. The molecule has 2 atom stereocenters. The van der Waals surface area contributed by atoms with E-state index in [1.54, 1.807) is 0 Å². The van der Waals surface area contributed by atoms with E-state index in [9.17, 15) is 4.79 Å². The lowest BCUT2D eigenvalue weighted by Crippen LogP contribution is -2.48. The summed E-state index contributed by atoms with van der Waals surface area (Å²) in [5, 5.41) is 3.08. The van der Waals surface area contributed by atoms with Gasteiger partial charge < -0.3 is 5.32 Å². The normalized spacial score (nSPS) is 19.8. The molecule has 1 aliphatic rings. The number of aryl methyl sites for hydroxylation is 2. The molecule has 0 saturated carbocycles. The van der Waals surface area contributed by atoms with Crippen molar-refractivity contribution in [2.45, 2.75) is 59.0 Å². The Kier molecular flexibility index (Phi) is 5.33. The Morgan fingerprint density at radius 3 is 2.68 bits per heavy atom. The topological polar surface area (TPSA) is 58.1 Å². The zero-order valence-corrected chi connectivity index (χ0v) is 15.7. The van der Waals surface area contributed by atoms with Crippen LogP contribution < -0.4 is 5.32 Å². The zero-order valence-electron chi connectivity index (χ0n) is 15.7. The quantitative estimate of drug-likeness (QED) is 0.928. The van der Waals surface area contributed by atoms with Crippen molar-refractivity contribution in [2.24, 2.45) is 0 Å². The van der Waals surface area contributed by atoms with Gasteiger partial charge in [-0.25, -0.2) is 9.97 Å². The molecule has 1 aliphatic heterocycles. The first-order chi connectivity index (χ1) is 12.0. The first-order valence-electron chi connectivity index (χ1n) is 9.24. The van der Waals surface area contributed by atoms with Crippen molar-refractivity contribution < 1.29 is 4.79 Å². The van der Waals surface area contributed by atoms with Gasteiger partial charge in [-0.3, -0.25) is 9.69 Å². The molecule has 1 N–H and O–H groups in total. The molecule has 3 rings (SSSR count). The van der Waals surface area contributed by atoms with E-state index >= 15 is 0 Å². The molecule has 134 valence electrons. The first kappa shape index (κ1) is 17.8. The Bertz CT molecular complexity index is 774. The van der Waals surface area contributed by atoms with Crippen molar-refractivity contribution >= 4 is 16.9 Å². The lowest BCUT2D eigenvalue weighted by Gasteiger charge is -2.38. The molecule has 0 radical (unpaired) electrons. The first-order valence-corrected chi connectivity index (χ1v) is 9.24. The third-order valence-corrected chi connectivity index (χ3v) is 5.32. The maximum absolute atomic E-state index is 12.5. The van der Waals surface area contributed by atoms with Crippen molar-refractivity contribution in [3.8, 4) is 0 Å². The maximum atomic E-state index is 12.5. The van der Waals surface area contributed by atoms with Gasteiger partial charge in [0.05, 0.1) is 22.4 Å². The predicted octanol–water partition coefficient (Wildman–Crippen LogP) is 3.24. The lowest BCUT2D eigenvalue weighted by molar-refractivity contribution is 0.0886. The Hall–Kier alpha value is -2.01. The van der Waals surface area contributed by atoms with Gasteiger partial charge in [-0.1, -0.05) is 6.42 Å². The molecule has 1 aromatic heterocycles. The van der Waals surface area contributed by atoms with Crippen molar-refractivity contribution in [3.63, 3.8) is 0 Å². The average molecular weight is 340 g/mol. The van der Waals surface area contributed by atoms with Gasteiger partial charge in [0, 0.05) is 24.2 Å². The van der Waals surface area contributed by atoms with E-state index in [1.165, 1.54) is 19.3 Å². The highest BCUT2D eigenvalue weighted by atomic mass is 16.1. The number of carbonyl (C=O) groups is 1. The van der Waals surface area contributed by atoms with Gasteiger partial charge in [0.1, 0.15) is 0 Å². The molecule has 5 heteroatoms. The number of carbonyl (C=O) groups excluding carboxylic acids is 1. The third-order valence-electron chi connectivity index (χ3n) is 5.32. The van der Waals surface area contributed by atoms with Crippen LogP contribution in [0.3, 0.4) is 0 Å². The van der Waals surface area contributed by atoms with Crippen LogP contribution in [0, 0.1) is 13.8 Å². The fourth-order valence-electron chi connectivity index (χ4n) is 3.61. The second-order valence-electron chi connectivity index (χ2n) is 7.24. The smallest absolute Gasteiger partial charge is 0.251 e. The number of rotatable bonds is 4. The number of nitrogens with zero attached hydrogens (tertiary/aromatic N) is 3. The van der Waals surface area contributed by atoms with Crippen molar-refractivity contribution in [3.05, 3.63) is 35.2 Å². The second kappa shape index (κ2) is 7.48. The van der Waals surface area contributed by atoms with Crippen molar-refractivity contribution in [2.75, 3.05) is 13.1 Å². The zero-order chi connectivity index (χ0) is 18.0. The van der Waals surface area contributed by atoms with Crippen molar-refractivity contribution in [1.82, 2.24) is 20.2 Å². The Balaban J connectivity index is 1.66. The molecule has 2 heterocycles. The van der Waals surface area contributed by atoms with Crippen LogP contribution in [0.25, 0.3) is 11.0 Å². The van der Waals surface area contributed by atoms with E-state index in [0.717, 1.165) is 29.0 Å². The van der Waals surface area contributed by atoms with E-state index in [2.05, 4.69) is 34.0 Å². The fourth-order valence-corrected chi connectivity index (χ4v) is 3.61. The lowest BCUT2D eigenvalue weighted by atomic mass is 10.0. The van der Waals surface area contributed by atoms with Crippen LogP contribution in [0.2, 0.25) is 0 Å². The van der Waals surface area contributed by atoms with Gasteiger partial charge >= 0.3 is 0 Å². The van der Waals surface area contributed by atoms with Crippen LogP contribution in [-0.4, -0.2) is 45.9 Å². The number of amides is 1. The summed E-state index contributed by atoms with van der Waals surface area (Å²) in [6.45, 7) is 10.2. The predicted molar refractivity (Wildman–Crippen MR) is 101 cm³/mol. The summed E-state index contributed by atoms with van der Waals surface area (Å²) in [6, 6.07) is 6.49. The summed E-state index contributed by atoms with van der Waals surface area (Å²) < 4.78 is 0. The molecule has 1 aromatic carbocycles. The van der Waals surface area contributed by atoms with Crippen LogP contribution in [0.1, 0.15) is 54.9 Å². The molecule has 1 fully saturated rings. The summed E-state index contributed by atoms with van der Waals surface area (Å²) in [5.74, 6) is -0.0431. The Morgan fingerprint density at radius 1 is 1.24 bits per heavy atom. The number of aromatic nitrogens is 2. The summed E-state index contributed by atoms with van der Waals surface area (Å²) in [6.07, 6.45) is 3.82. The molecule has 0 aliphatic carbocycles. The standard InChI is InChI=1S/C20H28N4O/c1-13-7-5-6-10-24(13)14(2)12-21-20(25)17-8-9-18-19(11-17)23-16(4)15(3)22-18/h8-9,11,13-14H,5-7,10,12H2,1-4H3,(H,21,25)/t13-,14-/m0/s1. The molecule has 5 nitrogen and oxygen atoms in total. The van der Waals surface area contributed by atoms with E-state index < -0.39 is 0 Å². The monoisotopic (exact) mass is 340 g/mol. The molecule has 1 amide bonds. The molecular formula is C20H28N4O. The minimum Gasteiger partial charge on any atom is -0.350 e. The molecule has 0 bridgehead atoms. The van der Waals surface area contributed by atoms with Crippen LogP contribution in [0.4, 0.5) is 0 Å². The number of piperidine rings is 1. The van der Waals surface area contributed by atoms with Crippen LogP contribution >= 0.6 is 0 Å². The molecule has 0 unspecified atom stereocenters. The molecular weight excluding hydrogens is 312 g/mol. The van der Waals surface area contributed by atoms with Gasteiger partial charge in [-0.05, 0) is 65.3 Å². The molecule has 25 heavy (non-hydrogen) atoms. The SMILES string of the molecule is Cc1nc2ccc(C(=O)NC[C@H](C)N3CCCC[C@@H]3C)cc2nc1C.